The van der Waals surface area contributed by atoms with E-state index in [0.717, 1.165) is 11.0 Å². The highest BCUT2D eigenvalue weighted by molar-refractivity contribution is 6.08. The number of amides is 1. The molecule has 1 aromatic heterocycles. The second kappa shape index (κ2) is 8.19. The smallest absolute Gasteiger partial charge is 0.337 e. The molecule has 0 saturated carbocycles. The van der Waals surface area contributed by atoms with Crippen molar-refractivity contribution in [1.82, 2.24) is 14.5 Å². The Labute approximate surface area is 155 Å². The number of nitrogens with zero attached hydrogens (tertiary/aromatic N) is 3. The molecule has 0 bridgehead atoms. The number of methoxy groups -OCH3 is 1. The number of ether oxygens (including phenoxy) is 1. The highest BCUT2D eigenvalue weighted by Crippen LogP contribution is 2.25. The number of aliphatic hydroxyl groups is 2. The van der Waals surface area contributed by atoms with Crippen molar-refractivity contribution < 1.29 is 24.5 Å². The van der Waals surface area contributed by atoms with Gasteiger partial charge in [0.25, 0.3) is 5.91 Å². The van der Waals surface area contributed by atoms with E-state index in [1.54, 1.807) is 18.5 Å². The zero-order valence-electron chi connectivity index (χ0n) is 15.0. The fourth-order valence-electron chi connectivity index (χ4n) is 3.05. The van der Waals surface area contributed by atoms with Crippen LogP contribution in [-0.2, 0) is 20.9 Å². The molecular weight excluding hydrogens is 352 g/mol. The lowest BCUT2D eigenvalue weighted by atomic mass is 10.2. The topological polar surface area (TPSA) is 117 Å². The molecule has 9 nitrogen and oxygen atoms in total. The van der Waals surface area contributed by atoms with Crippen LogP contribution in [0.3, 0.4) is 0 Å². The molecule has 0 saturated heterocycles. The number of β-amino-alcohol motifs (C(OH)–C–C–N with tert-alkyl or cyclic N) is 1. The summed E-state index contributed by atoms with van der Waals surface area (Å²) in [5.74, 6) is -0.946. The third-order valence-corrected chi connectivity index (χ3v) is 4.40. The monoisotopic (exact) mass is 374 g/mol. The average molecular weight is 374 g/mol. The molecule has 0 atom stereocenters. The number of aryl methyl sites for hydroxylation is 1. The summed E-state index contributed by atoms with van der Waals surface area (Å²) in [6.07, 6.45) is 2.34. The average Bonchev–Trinajstić information content (AvgIpc) is 3.22. The van der Waals surface area contributed by atoms with Crippen molar-refractivity contribution in [1.29, 1.82) is 0 Å². The lowest BCUT2D eigenvalue weighted by Gasteiger charge is -2.15. The van der Waals surface area contributed by atoms with Gasteiger partial charge in [-0.15, -0.1) is 0 Å². The van der Waals surface area contributed by atoms with Crippen LogP contribution in [0.4, 0.5) is 5.69 Å². The maximum absolute atomic E-state index is 12.6. The largest absolute Gasteiger partial charge is 0.466 e. The second-order valence-electron chi connectivity index (χ2n) is 6.14. The van der Waals surface area contributed by atoms with Crippen molar-refractivity contribution in [2.75, 3.05) is 38.7 Å². The Morgan fingerprint density at radius 1 is 1.30 bits per heavy atom. The third kappa shape index (κ3) is 3.79. The molecular formula is C18H22N4O5. The molecule has 1 aliphatic heterocycles. The van der Waals surface area contributed by atoms with Gasteiger partial charge in [-0.3, -0.25) is 4.79 Å². The maximum atomic E-state index is 12.6. The van der Waals surface area contributed by atoms with Crippen molar-refractivity contribution in [3.63, 3.8) is 0 Å². The Balaban J connectivity index is 1.87. The highest BCUT2D eigenvalue weighted by Gasteiger charge is 2.34. The summed E-state index contributed by atoms with van der Waals surface area (Å²) in [5, 5.41) is 21.1. The van der Waals surface area contributed by atoms with Crippen molar-refractivity contribution >= 4 is 28.6 Å². The lowest BCUT2D eigenvalue weighted by molar-refractivity contribution is -0.136. The molecule has 0 fully saturated rings. The number of anilines is 1. The predicted octanol–water partition coefficient (Wildman–Crippen LogP) is 0.0922. The van der Waals surface area contributed by atoms with E-state index in [9.17, 15) is 9.59 Å². The lowest BCUT2D eigenvalue weighted by Crippen LogP contribution is -2.31. The number of aromatic nitrogens is 2. The number of nitrogens with one attached hydrogen (secondary N) is 1. The van der Waals surface area contributed by atoms with Gasteiger partial charge in [0, 0.05) is 25.4 Å². The number of benzene rings is 1. The normalized spacial score (nSPS) is 14.3. The van der Waals surface area contributed by atoms with E-state index in [0.29, 0.717) is 18.7 Å². The molecule has 0 aliphatic carbocycles. The maximum Gasteiger partial charge on any atom is 0.337 e. The van der Waals surface area contributed by atoms with Crippen LogP contribution in [0.2, 0.25) is 0 Å². The Kier molecular flexibility index (Phi) is 5.72. The number of hydrogen-bond donors (Lipinski definition) is 3. The van der Waals surface area contributed by atoms with E-state index in [1.807, 2.05) is 10.6 Å². The molecule has 0 spiro atoms. The molecule has 3 N–H and O–H groups in total. The van der Waals surface area contributed by atoms with Crippen LogP contribution in [0, 0.1) is 0 Å². The highest BCUT2D eigenvalue weighted by atomic mass is 16.5. The Bertz CT molecular complexity index is 889. The van der Waals surface area contributed by atoms with Gasteiger partial charge in [0.15, 0.2) is 0 Å². The Hall–Kier alpha value is -2.91. The van der Waals surface area contributed by atoms with Crippen molar-refractivity contribution in [3.8, 4) is 0 Å². The molecule has 9 heteroatoms. The summed E-state index contributed by atoms with van der Waals surface area (Å²) >= 11 is 0. The van der Waals surface area contributed by atoms with Gasteiger partial charge in [0.1, 0.15) is 5.70 Å². The van der Waals surface area contributed by atoms with E-state index in [-0.39, 0.29) is 43.5 Å². The van der Waals surface area contributed by atoms with Gasteiger partial charge in [-0.2, -0.15) is 0 Å². The van der Waals surface area contributed by atoms with Gasteiger partial charge in [-0.1, -0.05) is 0 Å². The van der Waals surface area contributed by atoms with Crippen LogP contribution < -0.4 is 5.32 Å². The van der Waals surface area contributed by atoms with E-state index >= 15 is 0 Å². The number of carbonyl (C=O) groups excluding carboxylic acids is 2. The van der Waals surface area contributed by atoms with E-state index in [1.165, 1.54) is 12.0 Å². The van der Waals surface area contributed by atoms with Gasteiger partial charge in [-0.25, -0.2) is 9.78 Å². The fraction of sp³-hybridized carbons (Fsp3) is 0.389. The second-order valence-corrected chi connectivity index (χ2v) is 6.14. The number of fused-ring (bicyclic) bond motifs is 1. The van der Waals surface area contributed by atoms with Gasteiger partial charge < -0.3 is 29.7 Å². The number of imidazole rings is 1. The van der Waals surface area contributed by atoms with Crippen LogP contribution in [0.1, 0.15) is 6.42 Å². The van der Waals surface area contributed by atoms with E-state index < -0.39 is 5.97 Å². The molecule has 0 unspecified atom stereocenters. The minimum absolute atomic E-state index is 0.0897. The van der Waals surface area contributed by atoms with Gasteiger partial charge in [0.2, 0.25) is 0 Å². The van der Waals surface area contributed by atoms with Crippen LogP contribution in [-0.4, -0.2) is 70.0 Å². The van der Waals surface area contributed by atoms with Crippen LogP contribution in [0.15, 0.2) is 35.8 Å². The summed E-state index contributed by atoms with van der Waals surface area (Å²) in [4.78, 5) is 30.3. The molecule has 1 amide bonds. The van der Waals surface area contributed by atoms with E-state index in [4.69, 9.17) is 14.9 Å². The van der Waals surface area contributed by atoms with Crippen molar-refractivity contribution in [2.24, 2.45) is 0 Å². The van der Waals surface area contributed by atoms with E-state index in [2.05, 4.69) is 10.3 Å². The first-order valence-corrected chi connectivity index (χ1v) is 8.63. The fourth-order valence-corrected chi connectivity index (χ4v) is 3.05. The third-order valence-electron chi connectivity index (χ3n) is 4.40. The summed E-state index contributed by atoms with van der Waals surface area (Å²) in [6, 6.07) is 5.45. The standard InChI is InChI=1S/C18H22N4O5/c1-27-18(26)13-10-21(6-8-24)17(25)16(13)20-12-3-4-15-14(9-12)19-11-22(15)5-2-7-23/h3-4,9,11,20,23-24H,2,5-8,10H2,1H3. The molecule has 144 valence electrons. The molecule has 0 radical (unpaired) electrons. The van der Waals surface area contributed by atoms with Gasteiger partial charge in [-0.05, 0) is 24.6 Å². The number of carbonyl (C=O) groups is 2. The molecule has 27 heavy (non-hydrogen) atoms. The van der Waals surface area contributed by atoms with Crippen molar-refractivity contribution in [3.05, 3.63) is 35.8 Å². The number of hydrogen-bond acceptors (Lipinski definition) is 7. The summed E-state index contributed by atoms with van der Waals surface area (Å²) < 4.78 is 6.72. The van der Waals surface area contributed by atoms with Gasteiger partial charge in [0.05, 0.1) is 43.2 Å². The summed E-state index contributed by atoms with van der Waals surface area (Å²) in [7, 11) is 1.26. The van der Waals surface area contributed by atoms with Crippen molar-refractivity contribution in [2.45, 2.75) is 13.0 Å². The Morgan fingerprint density at radius 2 is 2.11 bits per heavy atom. The zero-order valence-corrected chi connectivity index (χ0v) is 15.0. The van der Waals surface area contributed by atoms with Crippen LogP contribution in [0.25, 0.3) is 11.0 Å². The number of rotatable bonds is 8. The summed E-state index contributed by atoms with van der Waals surface area (Å²) in [5.41, 5.74) is 2.64. The molecule has 1 aliphatic rings. The number of esters is 1. The first-order chi connectivity index (χ1) is 13.1. The SMILES string of the molecule is COC(=O)C1=C(Nc2ccc3c(c2)ncn3CCCO)C(=O)N(CCO)C1. The Morgan fingerprint density at radius 3 is 2.81 bits per heavy atom. The molecule has 2 heterocycles. The first kappa shape index (κ1) is 18.9. The summed E-state index contributed by atoms with van der Waals surface area (Å²) in [6.45, 7) is 0.804. The number of aliphatic hydroxyl groups excluding tert-OH is 2. The predicted molar refractivity (Wildman–Crippen MR) is 97.8 cm³/mol. The zero-order chi connectivity index (χ0) is 19.4. The first-order valence-electron chi connectivity index (χ1n) is 8.63. The molecule has 2 aromatic rings. The van der Waals surface area contributed by atoms with Gasteiger partial charge >= 0.3 is 5.97 Å². The minimum Gasteiger partial charge on any atom is -0.466 e. The van der Waals surface area contributed by atoms with Crippen LogP contribution in [0.5, 0.6) is 0 Å². The van der Waals surface area contributed by atoms with Crippen LogP contribution >= 0.6 is 0 Å². The molecule has 3 rings (SSSR count). The quantitative estimate of drug-likeness (QED) is 0.561. The molecule has 1 aromatic carbocycles. The minimum atomic E-state index is -0.583.